The largest absolute Gasteiger partial charge is 0.486 e. The first-order chi connectivity index (χ1) is 10.1. The van der Waals surface area contributed by atoms with Gasteiger partial charge in [0.2, 0.25) is 0 Å². The van der Waals surface area contributed by atoms with Gasteiger partial charge >= 0.3 is 5.69 Å². The number of hydrogen-bond donors (Lipinski definition) is 1. The number of ether oxygens (including phenoxy) is 1. The third kappa shape index (κ3) is 3.99. The van der Waals surface area contributed by atoms with Crippen molar-refractivity contribution in [2.45, 2.75) is 19.9 Å². The van der Waals surface area contributed by atoms with Crippen LogP contribution in [0.3, 0.4) is 0 Å². The zero-order chi connectivity index (χ0) is 15.2. The maximum atomic E-state index is 11.0. The number of aryl methyl sites for hydroxylation is 1. The Balaban J connectivity index is 2.07. The molecule has 1 heterocycles. The molecule has 0 radical (unpaired) electrons. The Kier molecular flexibility index (Phi) is 5.24. The maximum Gasteiger partial charge on any atom is 0.310 e. The predicted octanol–water partition coefficient (Wildman–Crippen LogP) is 2.70. The van der Waals surface area contributed by atoms with Crippen molar-refractivity contribution in [2.24, 2.45) is 0 Å². The molecule has 0 aliphatic rings. The standard InChI is InChI=1S/C14H17N3O3S/c1-10-14(21-9-16-10)5-6-20-13-7-11(8-15-2)3-4-12(13)17(18)19/h3-4,7,9,15H,5-6,8H2,1-2H3. The van der Waals surface area contributed by atoms with Crippen LogP contribution in [-0.4, -0.2) is 23.6 Å². The molecular formula is C14H17N3O3S. The molecule has 2 aromatic rings. The van der Waals surface area contributed by atoms with E-state index in [9.17, 15) is 10.1 Å². The molecule has 1 N–H and O–H groups in total. The molecule has 2 rings (SSSR count). The monoisotopic (exact) mass is 307 g/mol. The van der Waals surface area contributed by atoms with Crippen molar-refractivity contribution in [3.63, 3.8) is 0 Å². The first-order valence-corrected chi connectivity index (χ1v) is 7.43. The van der Waals surface area contributed by atoms with E-state index in [1.54, 1.807) is 29.0 Å². The topological polar surface area (TPSA) is 77.3 Å². The van der Waals surface area contributed by atoms with E-state index in [-0.39, 0.29) is 5.69 Å². The average molecular weight is 307 g/mol. The Hall–Kier alpha value is -1.99. The minimum absolute atomic E-state index is 0.00382. The molecule has 0 saturated heterocycles. The molecular weight excluding hydrogens is 290 g/mol. The van der Waals surface area contributed by atoms with Crippen LogP contribution >= 0.6 is 11.3 Å². The third-order valence-electron chi connectivity index (χ3n) is 3.03. The van der Waals surface area contributed by atoms with Gasteiger partial charge in [-0.1, -0.05) is 6.07 Å². The Labute approximate surface area is 126 Å². The fourth-order valence-electron chi connectivity index (χ4n) is 1.96. The van der Waals surface area contributed by atoms with Crippen molar-refractivity contribution in [1.82, 2.24) is 10.3 Å². The molecule has 0 amide bonds. The van der Waals surface area contributed by atoms with E-state index in [1.807, 2.05) is 14.0 Å². The summed E-state index contributed by atoms with van der Waals surface area (Å²) in [5.41, 5.74) is 3.73. The molecule has 0 saturated carbocycles. The van der Waals surface area contributed by atoms with Gasteiger partial charge in [0, 0.05) is 23.9 Å². The minimum atomic E-state index is -0.420. The van der Waals surface area contributed by atoms with Crippen molar-refractivity contribution < 1.29 is 9.66 Å². The molecule has 0 fully saturated rings. The number of nitro benzene ring substituents is 1. The lowest BCUT2D eigenvalue weighted by Gasteiger charge is -2.08. The molecule has 112 valence electrons. The summed E-state index contributed by atoms with van der Waals surface area (Å²) in [7, 11) is 1.83. The number of nitrogens with one attached hydrogen (secondary N) is 1. The fourth-order valence-corrected chi connectivity index (χ4v) is 2.72. The first kappa shape index (κ1) is 15.4. The van der Waals surface area contributed by atoms with Gasteiger partial charge < -0.3 is 10.1 Å². The highest BCUT2D eigenvalue weighted by molar-refractivity contribution is 7.09. The molecule has 1 aromatic carbocycles. The second kappa shape index (κ2) is 7.14. The number of thiazole rings is 1. The lowest BCUT2D eigenvalue weighted by molar-refractivity contribution is -0.385. The van der Waals surface area contributed by atoms with Gasteiger partial charge in [-0.2, -0.15) is 0 Å². The molecule has 0 atom stereocenters. The smallest absolute Gasteiger partial charge is 0.310 e. The van der Waals surface area contributed by atoms with E-state index in [2.05, 4.69) is 10.3 Å². The van der Waals surface area contributed by atoms with Crippen LogP contribution in [0.5, 0.6) is 5.75 Å². The summed E-state index contributed by atoms with van der Waals surface area (Å²) in [6.07, 6.45) is 0.698. The first-order valence-electron chi connectivity index (χ1n) is 6.55. The minimum Gasteiger partial charge on any atom is -0.486 e. The third-order valence-corrected chi connectivity index (χ3v) is 4.03. The van der Waals surface area contributed by atoms with E-state index in [0.29, 0.717) is 25.3 Å². The zero-order valence-electron chi connectivity index (χ0n) is 12.0. The van der Waals surface area contributed by atoms with Crippen LogP contribution in [0.1, 0.15) is 16.1 Å². The lowest BCUT2D eigenvalue weighted by atomic mass is 10.2. The highest BCUT2D eigenvalue weighted by Gasteiger charge is 2.15. The van der Waals surface area contributed by atoms with Crippen molar-refractivity contribution in [3.05, 3.63) is 50.0 Å². The van der Waals surface area contributed by atoms with Gasteiger partial charge in [0.05, 0.1) is 22.7 Å². The number of nitro groups is 1. The van der Waals surface area contributed by atoms with Crippen LogP contribution in [-0.2, 0) is 13.0 Å². The van der Waals surface area contributed by atoms with Crippen LogP contribution in [0.25, 0.3) is 0 Å². The van der Waals surface area contributed by atoms with E-state index in [1.165, 1.54) is 6.07 Å². The molecule has 0 spiro atoms. The van der Waals surface area contributed by atoms with Crippen LogP contribution < -0.4 is 10.1 Å². The SMILES string of the molecule is CNCc1ccc([N+](=O)[O-])c(OCCc2scnc2C)c1. The van der Waals surface area contributed by atoms with E-state index >= 15 is 0 Å². The van der Waals surface area contributed by atoms with Gasteiger partial charge in [0.25, 0.3) is 0 Å². The van der Waals surface area contributed by atoms with Crippen molar-refractivity contribution >= 4 is 17.0 Å². The molecule has 21 heavy (non-hydrogen) atoms. The summed E-state index contributed by atoms with van der Waals surface area (Å²) in [5.74, 6) is 0.315. The van der Waals surface area contributed by atoms with Crippen molar-refractivity contribution in [2.75, 3.05) is 13.7 Å². The number of hydrogen-bond acceptors (Lipinski definition) is 6. The highest BCUT2D eigenvalue weighted by atomic mass is 32.1. The Morgan fingerprint density at radius 3 is 2.90 bits per heavy atom. The molecule has 7 heteroatoms. The number of aromatic nitrogens is 1. The predicted molar refractivity (Wildman–Crippen MR) is 81.9 cm³/mol. The number of nitrogens with zero attached hydrogens (tertiary/aromatic N) is 2. The van der Waals surface area contributed by atoms with Crippen LogP contribution in [0, 0.1) is 17.0 Å². The average Bonchev–Trinajstić information content (AvgIpc) is 2.85. The molecule has 0 bridgehead atoms. The Bertz CT molecular complexity index is 628. The summed E-state index contributed by atoms with van der Waals surface area (Å²) in [6, 6.07) is 4.93. The summed E-state index contributed by atoms with van der Waals surface area (Å²) < 4.78 is 5.62. The lowest BCUT2D eigenvalue weighted by Crippen LogP contribution is -2.07. The fraction of sp³-hybridized carbons (Fsp3) is 0.357. The van der Waals surface area contributed by atoms with Gasteiger partial charge in [-0.05, 0) is 25.6 Å². The number of benzene rings is 1. The molecule has 6 nitrogen and oxygen atoms in total. The zero-order valence-corrected chi connectivity index (χ0v) is 12.8. The summed E-state index contributed by atoms with van der Waals surface area (Å²) in [4.78, 5) is 15.9. The van der Waals surface area contributed by atoms with Crippen LogP contribution in [0.15, 0.2) is 23.7 Å². The maximum absolute atomic E-state index is 11.0. The molecule has 1 aromatic heterocycles. The van der Waals surface area contributed by atoms with Crippen LogP contribution in [0.2, 0.25) is 0 Å². The van der Waals surface area contributed by atoms with Gasteiger partial charge in [0.1, 0.15) is 0 Å². The normalized spacial score (nSPS) is 10.6. The van der Waals surface area contributed by atoms with Gasteiger partial charge in [0.15, 0.2) is 5.75 Å². The van der Waals surface area contributed by atoms with Crippen LogP contribution in [0.4, 0.5) is 5.69 Å². The summed E-state index contributed by atoms with van der Waals surface area (Å²) >= 11 is 1.57. The second-order valence-electron chi connectivity index (χ2n) is 4.55. The summed E-state index contributed by atoms with van der Waals surface area (Å²) in [6.45, 7) is 2.98. The van der Waals surface area contributed by atoms with E-state index in [0.717, 1.165) is 16.1 Å². The van der Waals surface area contributed by atoms with Gasteiger partial charge in [-0.3, -0.25) is 10.1 Å². The Morgan fingerprint density at radius 1 is 1.48 bits per heavy atom. The molecule has 0 aliphatic heterocycles. The molecule has 0 unspecified atom stereocenters. The van der Waals surface area contributed by atoms with E-state index in [4.69, 9.17) is 4.74 Å². The Morgan fingerprint density at radius 2 is 2.29 bits per heavy atom. The van der Waals surface area contributed by atoms with Crippen molar-refractivity contribution in [3.8, 4) is 5.75 Å². The molecule has 0 aliphatic carbocycles. The van der Waals surface area contributed by atoms with Gasteiger partial charge in [-0.15, -0.1) is 11.3 Å². The summed E-state index contributed by atoms with van der Waals surface area (Å²) in [5, 5.41) is 14.1. The second-order valence-corrected chi connectivity index (χ2v) is 5.49. The highest BCUT2D eigenvalue weighted by Crippen LogP contribution is 2.28. The number of rotatable bonds is 7. The van der Waals surface area contributed by atoms with Gasteiger partial charge in [-0.25, -0.2) is 4.98 Å². The quantitative estimate of drug-likeness (QED) is 0.628. The van der Waals surface area contributed by atoms with Crippen molar-refractivity contribution in [1.29, 1.82) is 0 Å². The van der Waals surface area contributed by atoms with E-state index < -0.39 is 4.92 Å².